The van der Waals surface area contributed by atoms with Gasteiger partial charge in [-0.2, -0.15) is 0 Å². The van der Waals surface area contributed by atoms with Gasteiger partial charge in [-0.15, -0.1) is 0 Å². The zero-order valence-electron chi connectivity index (χ0n) is 9.95. The Balaban J connectivity index is 2.59. The molecule has 0 atom stereocenters. The number of nitrogens with one attached hydrogen (secondary N) is 1. The van der Waals surface area contributed by atoms with Crippen molar-refractivity contribution in [3.05, 3.63) is 29.3 Å². The Labute approximate surface area is 95.9 Å². The first kappa shape index (κ1) is 12.5. The molecule has 0 aliphatic carbocycles. The highest BCUT2D eigenvalue weighted by molar-refractivity contribution is 5.96. The van der Waals surface area contributed by atoms with Crippen LogP contribution in [0.15, 0.2) is 18.2 Å². The molecule has 0 fully saturated rings. The third-order valence-corrected chi connectivity index (χ3v) is 2.24. The second-order valence-corrected chi connectivity index (χ2v) is 4.08. The van der Waals surface area contributed by atoms with Crippen LogP contribution in [-0.2, 0) is 0 Å². The van der Waals surface area contributed by atoms with E-state index in [1.165, 1.54) is 0 Å². The molecule has 16 heavy (non-hydrogen) atoms. The summed E-state index contributed by atoms with van der Waals surface area (Å²) >= 11 is 0. The standard InChI is InChI=1S/C12H18N2O2/c1-9-4-5-10(11(15)8-9)12(16)13-6-7-14(2)3/h4-5,8,15H,6-7H2,1-3H3,(H,13,16). The molecule has 0 aliphatic rings. The van der Waals surface area contributed by atoms with E-state index >= 15 is 0 Å². The van der Waals surface area contributed by atoms with Gasteiger partial charge in [0.2, 0.25) is 0 Å². The molecular weight excluding hydrogens is 204 g/mol. The predicted molar refractivity (Wildman–Crippen MR) is 63.7 cm³/mol. The van der Waals surface area contributed by atoms with Gasteiger partial charge >= 0.3 is 0 Å². The highest BCUT2D eigenvalue weighted by Gasteiger charge is 2.09. The van der Waals surface area contributed by atoms with E-state index < -0.39 is 0 Å². The normalized spacial score (nSPS) is 10.5. The first-order valence-electron chi connectivity index (χ1n) is 5.23. The van der Waals surface area contributed by atoms with Crippen molar-refractivity contribution in [3.63, 3.8) is 0 Å². The van der Waals surface area contributed by atoms with Gasteiger partial charge in [0.1, 0.15) is 5.75 Å². The molecule has 0 radical (unpaired) electrons. The summed E-state index contributed by atoms with van der Waals surface area (Å²) in [6.45, 7) is 3.21. The monoisotopic (exact) mass is 222 g/mol. The highest BCUT2D eigenvalue weighted by atomic mass is 16.3. The average Bonchev–Trinajstić information content (AvgIpc) is 2.16. The summed E-state index contributed by atoms with van der Waals surface area (Å²) in [6, 6.07) is 5.02. The summed E-state index contributed by atoms with van der Waals surface area (Å²) in [4.78, 5) is 13.7. The predicted octanol–water partition coefficient (Wildman–Crippen LogP) is 0.992. The summed E-state index contributed by atoms with van der Waals surface area (Å²) in [7, 11) is 3.88. The lowest BCUT2D eigenvalue weighted by Gasteiger charge is -2.11. The summed E-state index contributed by atoms with van der Waals surface area (Å²) in [6.07, 6.45) is 0. The van der Waals surface area contributed by atoms with Gasteiger partial charge in [-0.3, -0.25) is 4.79 Å². The summed E-state index contributed by atoms with van der Waals surface area (Å²) in [5, 5.41) is 12.3. The summed E-state index contributed by atoms with van der Waals surface area (Å²) in [5.41, 5.74) is 1.26. The van der Waals surface area contributed by atoms with Crippen LogP contribution < -0.4 is 5.32 Å². The maximum atomic E-state index is 11.7. The minimum Gasteiger partial charge on any atom is -0.507 e. The number of phenols is 1. The van der Waals surface area contributed by atoms with Crippen molar-refractivity contribution in [1.82, 2.24) is 10.2 Å². The zero-order valence-corrected chi connectivity index (χ0v) is 9.95. The third-order valence-electron chi connectivity index (χ3n) is 2.24. The van der Waals surface area contributed by atoms with Gasteiger partial charge in [-0.05, 0) is 38.7 Å². The molecule has 0 bridgehead atoms. The van der Waals surface area contributed by atoms with E-state index in [4.69, 9.17) is 0 Å². The van der Waals surface area contributed by atoms with Crippen LogP contribution in [0.5, 0.6) is 5.75 Å². The Bertz CT molecular complexity index is 375. The number of aryl methyl sites for hydroxylation is 1. The SMILES string of the molecule is Cc1ccc(C(=O)NCCN(C)C)c(O)c1. The number of hydrogen-bond acceptors (Lipinski definition) is 3. The maximum absolute atomic E-state index is 11.7. The topological polar surface area (TPSA) is 52.6 Å². The number of phenolic OH excluding ortho intramolecular Hbond substituents is 1. The van der Waals surface area contributed by atoms with Gasteiger partial charge < -0.3 is 15.3 Å². The molecule has 4 nitrogen and oxygen atoms in total. The van der Waals surface area contributed by atoms with Crippen LogP contribution in [0.4, 0.5) is 0 Å². The van der Waals surface area contributed by atoms with Gasteiger partial charge in [0, 0.05) is 13.1 Å². The molecule has 0 aromatic heterocycles. The number of benzene rings is 1. The molecular formula is C12H18N2O2. The minimum atomic E-state index is -0.237. The van der Waals surface area contributed by atoms with Crippen molar-refractivity contribution < 1.29 is 9.90 Å². The number of hydrogen-bond donors (Lipinski definition) is 2. The number of nitrogens with zero attached hydrogens (tertiary/aromatic N) is 1. The van der Waals surface area contributed by atoms with Crippen molar-refractivity contribution in [2.24, 2.45) is 0 Å². The number of amides is 1. The lowest BCUT2D eigenvalue weighted by molar-refractivity contribution is 0.0948. The lowest BCUT2D eigenvalue weighted by atomic mass is 10.1. The summed E-state index contributed by atoms with van der Waals surface area (Å²) in [5.74, 6) is -0.207. The number of likely N-dealkylation sites (N-methyl/N-ethyl adjacent to an activating group) is 1. The molecule has 4 heteroatoms. The second-order valence-electron chi connectivity index (χ2n) is 4.08. The van der Waals surface area contributed by atoms with Crippen molar-refractivity contribution >= 4 is 5.91 Å². The van der Waals surface area contributed by atoms with Crippen molar-refractivity contribution in [3.8, 4) is 5.75 Å². The van der Waals surface area contributed by atoms with Crippen molar-refractivity contribution in [2.45, 2.75) is 6.92 Å². The second kappa shape index (κ2) is 5.51. The van der Waals surface area contributed by atoms with E-state index in [0.717, 1.165) is 12.1 Å². The Hall–Kier alpha value is -1.55. The average molecular weight is 222 g/mol. The van der Waals surface area contributed by atoms with Gasteiger partial charge in [0.05, 0.1) is 5.56 Å². The molecule has 1 aromatic rings. The van der Waals surface area contributed by atoms with E-state index in [0.29, 0.717) is 12.1 Å². The quantitative estimate of drug-likeness (QED) is 0.799. The third kappa shape index (κ3) is 3.55. The maximum Gasteiger partial charge on any atom is 0.255 e. The Kier molecular flexibility index (Phi) is 4.31. The fourth-order valence-electron chi connectivity index (χ4n) is 1.32. The fourth-order valence-corrected chi connectivity index (χ4v) is 1.32. The Morgan fingerprint density at radius 2 is 2.12 bits per heavy atom. The first-order chi connectivity index (χ1) is 7.50. The van der Waals surface area contributed by atoms with E-state index in [1.54, 1.807) is 18.2 Å². The first-order valence-corrected chi connectivity index (χ1v) is 5.23. The van der Waals surface area contributed by atoms with Crippen LogP contribution in [0.1, 0.15) is 15.9 Å². The number of rotatable bonds is 4. The molecule has 0 saturated carbocycles. The van der Waals surface area contributed by atoms with E-state index in [-0.39, 0.29) is 11.7 Å². The molecule has 0 spiro atoms. The van der Waals surface area contributed by atoms with E-state index in [9.17, 15) is 9.90 Å². The van der Waals surface area contributed by atoms with Crippen LogP contribution in [0.3, 0.4) is 0 Å². The molecule has 2 N–H and O–H groups in total. The van der Waals surface area contributed by atoms with Crippen LogP contribution in [0.25, 0.3) is 0 Å². The highest BCUT2D eigenvalue weighted by Crippen LogP contribution is 2.17. The summed E-state index contributed by atoms with van der Waals surface area (Å²) < 4.78 is 0. The van der Waals surface area contributed by atoms with Crippen LogP contribution in [-0.4, -0.2) is 43.1 Å². The lowest BCUT2D eigenvalue weighted by Crippen LogP contribution is -2.31. The molecule has 0 saturated heterocycles. The van der Waals surface area contributed by atoms with Gasteiger partial charge in [-0.1, -0.05) is 6.07 Å². The molecule has 1 amide bonds. The molecule has 1 aromatic carbocycles. The molecule has 0 aliphatic heterocycles. The van der Waals surface area contributed by atoms with Crippen molar-refractivity contribution in [2.75, 3.05) is 27.2 Å². The Morgan fingerprint density at radius 3 is 2.69 bits per heavy atom. The molecule has 0 heterocycles. The largest absolute Gasteiger partial charge is 0.507 e. The molecule has 1 rings (SSSR count). The molecule has 0 unspecified atom stereocenters. The number of carbonyl (C=O) groups excluding carboxylic acids is 1. The van der Waals surface area contributed by atoms with E-state index in [1.807, 2.05) is 25.9 Å². The fraction of sp³-hybridized carbons (Fsp3) is 0.417. The van der Waals surface area contributed by atoms with Crippen LogP contribution in [0.2, 0.25) is 0 Å². The minimum absolute atomic E-state index is 0.0300. The van der Waals surface area contributed by atoms with Crippen LogP contribution >= 0.6 is 0 Å². The zero-order chi connectivity index (χ0) is 12.1. The van der Waals surface area contributed by atoms with Gasteiger partial charge in [0.25, 0.3) is 5.91 Å². The van der Waals surface area contributed by atoms with E-state index in [2.05, 4.69) is 5.32 Å². The smallest absolute Gasteiger partial charge is 0.255 e. The van der Waals surface area contributed by atoms with Crippen LogP contribution in [0, 0.1) is 6.92 Å². The Morgan fingerprint density at radius 1 is 1.44 bits per heavy atom. The number of aromatic hydroxyl groups is 1. The van der Waals surface area contributed by atoms with Gasteiger partial charge in [0.15, 0.2) is 0 Å². The van der Waals surface area contributed by atoms with Crippen molar-refractivity contribution in [1.29, 1.82) is 0 Å². The number of carbonyl (C=O) groups is 1. The molecule has 88 valence electrons. The van der Waals surface area contributed by atoms with Gasteiger partial charge in [-0.25, -0.2) is 0 Å².